The maximum absolute atomic E-state index is 13.1. The van der Waals surface area contributed by atoms with E-state index < -0.39 is 15.3 Å². The number of rotatable bonds is 3. The number of sulfone groups is 1. The molecule has 1 aromatic carbocycles. The van der Waals surface area contributed by atoms with Crippen molar-refractivity contribution in [3.8, 4) is 0 Å². The molecular formula is C18H25NO3S. The average molecular weight is 335 g/mol. The van der Waals surface area contributed by atoms with E-state index in [4.69, 9.17) is 0 Å². The minimum absolute atomic E-state index is 0.0219. The summed E-state index contributed by atoms with van der Waals surface area (Å²) in [5, 5.41) is 3.05. The van der Waals surface area contributed by atoms with E-state index in [1.54, 1.807) is 0 Å². The fourth-order valence-electron chi connectivity index (χ4n) is 4.12. The minimum Gasteiger partial charge on any atom is -0.352 e. The smallest absolute Gasteiger partial charge is 0.230 e. The van der Waals surface area contributed by atoms with E-state index >= 15 is 0 Å². The second-order valence-electron chi connectivity index (χ2n) is 7.03. The van der Waals surface area contributed by atoms with Gasteiger partial charge in [-0.15, -0.1) is 0 Å². The Bertz CT molecular complexity index is 690. The zero-order valence-electron chi connectivity index (χ0n) is 13.7. The largest absolute Gasteiger partial charge is 0.352 e. The van der Waals surface area contributed by atoms with Gasteiger partial charge in [0.1, 0.15) is 0 Å². The van der Waals surface area contributed by atoms with Crippen LogP contribution in [0.15, 0.2) is 24.3 Å². The van der Waals surface area contributed by atoms with Crippen LogP contribution in [-0.4, -0.2) is 31.9 Å². The first-order valence-corrected chi connectivity index (χ1v) is 10.3. The molecule has 1 aliphatic heterocycles. The minimum atomic E-state index is -2.98. The van der Waals surface area contributed by atoms with E-state index in [-0.39, 0.29) is 23.5 Å². The second kappa shape index (κ2) is 6.27. The number of amides is 1. The van der Waals surface area contributed by atoms with Crippen molar-refractivity contribution in [3.05, 3.63) is 35.4 Å². The van der Waals surface area contributed by atoms with E-state index in [0.29, 0.717) is 6.42 Å². The summed E-state index contributed by atoms with van der Waals surface area (Å²) in [5.74, 6) is 0.298. The molecule has 0 spiro atoms. The van der Waals surface area contributed by atoms with E-state index in [1.807, 2.05) is 12.1 Å². The van der Waals surface area contributed by atoms with Crippen molar-refractivity contribution < 1.29 is 13.2 Å². The van der Waals surface area contributed by atoms with Gasteiger partial charge in [0.25, 0.3) is 0 Å². The fourth-order valence-corrected chi connectivity index (χ4v) is 5.79. The summed E-state index contributed by atoms with van der Waals surface area (Å²) in [5.41, 5.74) is 1.76. The molecule has 2 aliphatic rings. The van der Waals surface area contributed by atoms with Crippen molar-refractivity contribution in [3.63, 3.8) is 0 Å². The van der Waals surface area contributed by atoms with Gasteiger partial charge in [0.2, 0.25) is 5.91 Å². The number of nitrogens with one attached hydrogen (secondary N) is 1. The first kappa shape index (κ1) is 16.5. The van der Waals surface area contributed by atoms with Gasteiger partial charge in [-0.3, -0.25) is 4.79 Å². The summed E-state index contributed by atoms with van der Waals surface area (Å²) >= 11 is 0. The molecule has 1 N–H and O–H groups in total. The molecule has 1 saturated heterocycles. The summed E-state index contributed by atoms with van der Waals surface area (Å²) in [6, 6.07) is 7.88. The van der Waals surface area contributed by atoms with Crippen LogP contribution in [0.2, 0.25) is 0 Å². The molecule has 1 aromatic rings. The normalized spacial score (nSPS) is 25.9. The molecule has 2 fully saturated rings. The quantitative estimate of drug-likeness (QED) is 0.923. The molecule has 1 aliphatic carbocycles. The number of carbonyl (C=O) groups is 1. The predicted octanol–water partition coefficient (Wildman–Crippen LogP) is 2.50. The van der Waals surface area contributed by atoms with E-state index in [9.17, 15) is 13.2 Å². The van der Waals surface area contributed by atoms with Crippen molar-refractivity contribution in [1.82, 2.24) is 5.32 Å². The lowest BCUT2D eigenvalue weighted by molar-refractivity contribution is -0.128. The Morgan fingerprint density at radius 3 is 2.48 bits per heavy atom. The lowest BCUT2D eigenvalue weighted by Gasteiger charge is -2.38. The van der Waals surface area contributed by atoms with E-state index in [1.165, 1.54) is 6.42 Å². The highest BCUT2D eigenvalue weighted by Gasteiger charge is 2.43. The number of carbonyl (C=O) groups excluding carboxylic acids is 1. The van der Waals surface area contributed by atoms with Crippen LogP contribution >= 0.6 is 0 Å². The van der Waals surface area contributed by atoms with Crippen LogP contribution in [0, 0.1) is 6.92 Å². The lowest BCUT2D eigenvalue weighted by Crippen LogP contribution is -2.50. The fraction of sp³-hybridized carbons (Fsp3) is 0.611. The van der Waals surface area contributed by atoms with Crippen molar-refractivity contribution in [2.75, 3.05) is 11.5 Å². The van der Waals surface area contributed by atoms with Crippen molar-refractivity contribution >= 4 is 15.7 Å². The first-order valence-electron chi connectivity index (χ1n) is 8.50. The molecule has 0 radical (unpaired) electrons. The molecule has 0 bridgehead atoms. The third-order valence-corrected chi connectivity index (χ3v) is 7.14. The molecular weight excluding hydrogens is 310 g/mol. The first-order chi connectivity index (χ1) is 10.9. The molecule has 126 valence electrons. The molecule has 23 heavy (non-hydrogen) atoms. The van der Waals surface area contributed by atoms with Crippen molar-refractivity contribution in [1.29, 1.82) is 0 Å². The average Bonchev–Trinajstić information content (AvgIpc) is 2.87. The Labute approximate surface area is 138 Å². The monoisotopic (exact) mass is 335 g/mol. The predicted molar refractivity (Wildman–Crippen MR) is 91.1 cm³/mol. The van der Waals surface area contributed by atoms with Gasteiger partial charge in [0, 0.05) is 6.04 Å². The van der Waals surface area contributed by atoms with Crippen LogP contribution in [0.3, 0.4) is 0 Å². The zero-order valence-corrected chi connectivity index (χ0v) is 14.5. The Morgan fingerprint density at radius 1 is 1.17 bits per heavy atom. The summed E-state index contributed by atoms with van der Waals surface area (Å²) in [6.07, 6.45) is 5.50. The maximum atomic E-state index is 13.1. The highest BCUT2D eigenvalue weighted by molar-refractivity contribution is 7.91. The molecule has 0 aromatic heterocycles. The van der Waals surface area contributed by atoms with Gasteiger partial charge in [0.05, 0.1) is 16.9 Å². The summed E-state index contributed by atoms with van der Waals surface area (Å²) in [6.45, 7) is 2.05. The number of hydrogen-bond acceptors (Lipinski definition) is 3. The highest BCUT2D eigenvalue weighted by atomic mass is 32.2. The molecule has 1 atom stereocenters. The van der Waals surface area contributed by atoms with Crippen molar-refractivity contribution in [2.45, 2.75) is 56.9 Å². The molecule has 1 heterocycles. The summed E-state index contributed by atoms with van der Waals surface area (Å²) in [7, 11) is -2.98. The molecule has 1 amide bonds. The highest BCUT2D eigenvalue weighted by Crippen LogP contribution is 2.41. The van der Waals surface area contributed by atoms with Gasteiger partial charge >= 0.3 is 0 Å². The van der Waals surface area contributed by atoms with Gasteiger partial charge in [0.15, 0.2) is 9.84 Å². The van der Waals surface area contributed by atoms with Crippen LogP contribution in [0.25, 0.3) is 0 Å². The molecule has 5 heteroatoms. The third kappa shape index (κ3) is 3.30. The number of aryl methyl sites for hydroxylation is 1. The van der Waals surface area contributed by atoms with Crippen LogP contribution in [0.5, 0.6) is 0 Å². The lowest BCUT2D eigenvalue weighted by atomic mass is 9.67. The molecule has 0 unspecified atom stereocenters. The molecule has 3 rings (SSSR count). The Balaban J connectivity index is 1.87. The van der Waals surface area contributed by atoms with Gasteiger partial charge in [-0.05, 0) is 37.3 Å². The van der Waals surface area contributed by atoms with E-state index in [2.05, 4.69) is 24.4 Å². The van der Waals surface area contributed by atoms with Gasteiger partial charge in [-0.25, -0.2) is 8.42 Å². The Morgan fingerprint density at radius 2 is 1.87 bits per heavy atom. The SMILES string of the molecule is Cc1ccccc1C1(C(=O)N[C@@H]2CCS(=O)(=O)C2)CCCCC1. The third-order valence-electron chi connectivity index (χ3n) is 5.37. The Hall–Kier alpha value is -1.36. The summed E-state index contributed by atoms with van der Waals surface area (Å²) in [4.78, 5) is 13.1. The zero-order chi connectivity index (χ0) is 16.5. The van der Waals surface area contributed by atoms with Gasteiger partial charge in [-0.2, -0.15) is 0 Å². The molecule has 4 nitrogen and oxygen atoms in total. The number of benzene rings is 1. The van der Waals surface area contributed by atoms with Crippen LogP contribution < -0.4 is 5.32 Å². The van der Waals surface area contributed by atoms with Gasteiger partial charge in [-0.1, -0.05) is 43.5 Å². The van der Waals surface area contributed by atoms with Crippen LogP contribution in [-0.2, 0) is 20.0 Å². The van der Waals surface area contributed by atoms with Gasteiger partial charge < -0.3 is 5.32 Å². The number of hydrogen-bond donors (Lipinski definition) is 1. The van der Waals surface area contributed by atoms with Crippen LogP contribution in [0.4, 0.5) is 0 Å². The van der Waals surface area contributed by atoms with E-state index in [0.717, 1.165) is 36.8 Å². The summed E-state index contributed by atoms with van der Waals surface area (Å²) < 4.78 is 23.3. The second-order valence-corrected chi connectivity index (χ2v) is 9.26. The maximum Gasteiger partial charge on any atom is 0.230 e. The van der Waals surface area contributed by atoms with Crippen LogP contribution in [0.1, 0.15) is 49.7 Å². The standard InChI is InChI=1S/C18H25NO3S/c1-14-7-3-4-8-16(14)18(10-5-2-6-11-18)17(20)19-15-9-12-23(21,22)13-15/h3-4,7-8,15H,2,5-6,9-13H2,1H3,(H,19,20)/t15-/m1/s1. The Kier molecular flexibility index (Phi) is 4.50. The topological polar surface area (TPSA) is 63.2 Å². The molecule has 1 saturated carbocycles. The van der Waals surface area contributed by atoms with Crippen molar-refractivity contribution in [2.24, 2.45) is 0 Å².